The minimum Gasteiger partial charge on any atom is -0.496 e. The van der Waals surface area contributed by atoms with Gasteiger partial charge in [0.05, 0.1) is 7.11 Å². The molecule has 7 heteroatoms. The van der Waals surface area contributed by atoms with E-state index in [4.69, 9.17) is 24.8 Å². The molecule has 0 aliphatic rings. The number of hydrogen-bond donors (Lipinski definition) is 4. The summed E-state index contributed by atoms with van der Waals surface area (Å²) in [6.07, 6.45) is 0. The Balaban J connectivity index is 2.41. The molecular weight excluding hydrogens is 258 g/mol. The summed E-state index contributed by atoms with van der Waals surface area (Å²) in [4.78, 5) is 0. The van der Waals surface area contributed by atoms with Crippen LogP contribution < -0.4 is 15.7 Å². The SMILES string of the molecule is COc1cc(B(O)O)ccc1-c1ccc(B(O)O)cc1. The zero-order valence-electron chi connectivity index (χ0n) is 10.9. The average Bonchev–Trinajstić information content (AvgIpc) is 2.46. The number of benzene rings is 2. The van der Waals surface area contributed by atoms with Gasteiger partial charge in [-0.25, -0.2) is 0 Å². The quantitative estimate of drug-likeness (QED) is 0.520. The second-order valence-electron chi connectivity index (χ2n) is 4.33. The second-order valence-corrected chi connectivity index (χ2v) is 4.33. The van der Waals surface area contributed by atoms with Gasteiger partial charge in [0.1, 0.15) is 5.75 Å². The van der Waals surface area contributed by atoms with Crippen molar-refractivity contribution in [2.24, 2.45) is 0 Å². The van der Waals surface area contributed by atoms with Gasteiger partial charge in [0.15, 0.2) is 0 Å². The molecule has 0 saturated heterocycles. The van der Waals surface area contributed by atoms with Crippen LogP contribution in [-0.2, 0) is 0 Å². The molecule has 0 aliphatic heterocycles. The number of hydrogen-bond acceptors (Lipinski definition) is 5. The lowest BCUT2D eigenvalue weighted by Gasteiger charge is -2.11. The molecule has 0 spiro atoms. The van der Waals surface area contributed by atoms with Crippen LogP contribution in [0.4, 0.5) is 0 Å². The summed E-state index contributed by atoms with van der Waals surface area (Å²) in [6.45, 7) is 0. The minimum absolute atomic E-state index is 0.341. The van der Waals surface area contributed by atoms with E-state index in [0.717, 1.165) is 11.1 Å². The van der Waals surface area contributed by atoms with E-state index >= 15 is 0 Å². The van der Waals surface area contributed by atoms with Gasteiger partial charge in [0.2, 0.25) is 0 Å². The van der Waals surface area contributed by atoms with Gasteiger partial charge < -0.3 is 24.8 Å². The Morgan fingerprint density at radius 3 is 1.85 bits per heavy atom. The van der Waals surface area contributed by atoms with Crippen molar-refractivity contribution in [2.75, 3.05) is 7.11 Å². The fraction of sp³-hybridized carbons (Fsp3) is 0.0769. The second kappa shape index (κ2) is 6.11. The summed E-state index contributed by atoms with van der Waals surface area (Å²) in [5, 5.41) is 36.4. The topological polar surface area (TPSA) is 90.2 Å². The summed E-state index contributed by atoms with van der Waals surface area (Å²) in [5.41, 5.74) is 2.34. The maximum absolute atomic E-state index is 9.15. The lowest BCUT2D eigenvalue weighted by atomic mass is 9.78. The van der Waals surface area contributed by atoms with E-state index in [-0.39, 0.29) is 0 Å². The number of rotatable bonds is 4. The molecule has 0 saturated carbocycles. The van der Waals surface area contributed by atoms with Gasteiger partial charge in [0, 0.05) is 5.56 Å². The molecule has 102 valence electrons. The fourth-order valence-corrected chi connectivity index (χ4v) is 1.94. The molecule has 2 aromatic rings. The molecule has 0 fully saturated rings. The first kappa shape index (κ1) is 14.6. The summed E-state index contributed by atoms with van der Waals surface area (Å²) in [6, 6.07) is 11.6. The Morgan fingerprint density at radius 2 is 1.35 bits per heavy atom. The largest absolute Gasteiger partial charge is 0.496 e. The molecular formula is C13H14B2O5. The maximum atomic E-state index is 9.15. The fourth-order valence-electron chi connectivity index (χ4n) is 1.94. The zero-order chi connectivity index (χ0) is 14.7. The van der Waals surface area contributed by atoms with Crippen LogP contribution in [0, 0.1) is 0 Å². The number of ether oxygens (including phenoxy) is 1. The van der Waals surface area contributed by atoms with Gasteiger partial charge in [-0.3, -0.25) is 0 Å². The van der Waals surface area contributed by atoms with Crippen LogP contribution in [0.1, 0.15) is 0 Å². The van der Waals surface area contributed by atoms with Crippen molar-refractivity contribution >= 4 is 25.2 Å². The highest BCUT2D eigenvalue weighted by molar-refractivity contribution is 6.59. The molecule has 0 amide bonds. The monoisotopic (exact) mass is 272 g/mol. The minimum atomic E-state index is -1.55. The predicted molar refractivity (Wildman–Crippen MR) is 78.1 cm³/mol. The third-order valence-electron chi connectivity index (χ3n) is 3.04. The Kier molecular flexibility index (Phi) is 4.46. The maximum Gasteiger partial charge on any atom is 0.488 e. The molecule has 5 nitrogen and oxygen atoms in total. The van der Waals surface area contributed by atoms with Crippen molar-refractivity contribution in [3.05, 3.63) is 42.5 Å². The molecule has 4 N–H and O–H groups in total. The Morgan fingerprint density at radius 1 is 0.800 bits per heavy atom. The van der Waals surface area contributed by atoms with Crippen LogP contribution >= 0.6 is 0 Å². The standard InChI is InChI=1S/C13H14B2O5/c1-20-13-8-11(15(18)19)6-7-12(13)9-2-4-10(5-3-9)14(16)17/h2-8,16-19H,1H3. The molecule has 0 atom stereocenters. The van der Waals surface area contributed by atoms with Crippen LogP contribution in [0.15, 0.2) is 42.5 Å². The van der Waals surface area contributed by atoms with Crippen molar-refractivity contribution in [2.45, 2.75) is 0 Å². The first-order valence-electron chi connectivity index (χ1n) is 6.03. The normalized spacial score (nSPS) is 10.2. The van der Waals surface area contributed by atoms with Crippen molar-refractivity contribution < 1.29 is 24.8 Å². The molecule has 0 bridgehead atoms. The van der Waals surface area contributed by atoms with Crippen LogP contribution in [-0.4, -0.2) is 41.4 Å². The van der Waals surface area contributed by atoms with Crippen LogP contribution in [0.2, 0.25) is 0 Å². The first-order valence-corrected chi connectivity index (χ1v) is 6.03. The highest BCUT2D eigenvalue weighted by atomic mass is 16.5. The Labute approximate surface area is 117 Å². The van der Waals surface area contributed by atoms with E-state index in [2.05, 4.69) is 0 Å². The third kappa shape index (κ3) is 3.02. The van der Waals surface area contributed by atoms with E-state index in [1.165, 1.54) is 7.11 Å². The van der Waals surface area contributed by atoms with Crippen LogP contribution in [0.25, 0.3) is 11.1 Å². The molecule has 0 aliphatic carbocycles. The Hall–Kier alpha value is -1.79. The smallest absolute Gasteiger partial charge is 0.488 e. The first-order chi connectivity index (χ1) is 9.52. The van der Waals surface area contributed by atoms with Gasteiger partial charge in [-0.1, -0.05) is 36.4 Å². The molecule has 0 unspecified atom stereocenters. The van der Waals surface area contributed by atoms with E-state index in [1.54, 1.807) is 42.5 Å². The van der Waals surface area contributed by atoms with Gasteiger partial charge in [-0.15, -0.1) is 0 Å². The van der Waals surface area contributed by atoms with E-state index < -0.39 is 14.2 Å². The summed E-state index contributed by atoms with van der Waals surface area (Å²) in [7, 11) is -1.55. The van der Waals surface area contributed by atoms with Crippen LogP contribution in [0.5, 0.6) is 5.75 Å². The summed E-state index contributed by atoms with van der Waals surface area (Å²) in [5.74, 6) is 0.507. The average molecular weight is 272 g/mol. The third-order valence-corrected chi connectivity index (χ3v) is 3.04. The zero-order valence-corrected chi connectivity index (χ0v) is 10.9. The molecule has 0 radical (unpaired) electrons. The molecule has 0 heterocycles. The predicted octanol–water partition coefficient (Wildman–Crippen LogP) is -1.28. The van der Waals surface area contributed by atoms with Gasteiger partial charge >= 0.3 is 14.2 Å². The lowest BCUT2D eigenvalue weighted by Crippen LogP contribution is -2.30. The Bertz CT molecular complexity index is 584. The van der Waals surface area contributed by atoms with Crippen molar-refractivity contribution in [3.8, 4) is 16.9 Å². The number of methoxy groups -OCH3 is 1. The molecule has 0 aromatic heterocycles. The van der Waals surface area contributed by atoms with Crippen molar-refractivity contribution in [3.63, 3.8) is 0 Å². The lowest BCUT2D eigenvalue weighted by molar-refractivity contribution is 0.413. The van der Waals surface area contributed by atoms with E-state index in [0.29, 0.717) is 16.7 Å². The highest BCUT2D eigenvalue weighted by Gasteiger charge is 2.15. The van der Waals surface area contributed by atoms with E-state index in [1.807, 2.05) is 0 Å². The van der Waals surface area contributed by atoms with Crippen molar-refractivity contribution in [1.82, 2.24) is 0 Å². The highest BCUT2D eigenvalue weighted by Crippen LogP contribution is 2.28. The van der Waals surface area contributed by atoms with Gasteiger partial charge in [-0.2, -0.15) is 0 Å². The summed E-state index contributed by atoms with van der Waals surface area (Å²) < 4.78 is 5.25. The van der Waals surface area contributed by atoms with Crippen molar-refractivity contribution in [1.29, 1.82) is 0 Å². The molecule has 2 aromatic carbocycles. The van der Waals surface area contributed by atoms with E-state index in [9.17, 15) is 0 Å². The molecule has 2 rings (SSSR count). The van der Waals surface area contributed by atoms with Gasteiger partial charge in [-0.05, 0) is 22.6 Å². The van der Waals surface area contributed by atoms with Gasteiger partial charge in [0.25, 0.3) is 0 Å². The van der Waals surface area contributed by atoms with Crippen LogP contribution in [0.3, 0.4) is 0 Å². The summed E-state index contributed by atoms with van der Waals surface area (Å²) >= 11 is 0. The molecule has 20 heavy (non-hydrogen) atoms.